The zero-order valence-corrected chi connectivity index (χ0v) is 11.6. The summed E-state index contributed by atoms with van der Waals surface area (Å²) in [5.74, 6) is -0.245. The number of amides is 1. The minimum Gasteiger partial charge on any atom is -0.396 e. The second-order valence-corrected chi connectivity index (χ2v) is 4.54. The SMILES string of the molecule is Nc1ncc(-c2ccccc2)nc1C(=O)NCCCCO. The molecule has 0 aliphatic carbocycles. The molecule has 4 N–H and O–H groups in total. The van der Waals surface area contributed by atoms with Crippen LogP contribution < -0.4 is 11.1 Å². The van der Waals surface area contributed by atoms with Gasteiger partial charge in [-0.05, 0) is 12.8 Å². The highest BCUT2D eigenvalue weighted by Gasteiger charge is 2.14. The van der Waals surface area contributed by atoms with E-state index in [1.807, 2.05) is 30.3 Å². The van der Waals surface area contributed by atoms with E-state index in [0.717, 1.165) is 5.56 Å². The molecule has 1 aromatic heterocycles. The fraction of sp³-hybridized carbons (Fsp3) is 0.267. The highest BCUT2D eigenvalue weighted by molar-refractivity contribution is 5.96. The molecule has 0 spiro atoms. The van der Waals surface area contributed by atoms with E-state index < -0.39 is 0 Å². The first-order chi connectivity index (χ1) is 10.2. The molecule has 6 heteroatoms. The number of aromatic nitrogens is 2. The Morgan fingerprint density at radius 1 is 1.24 bits per heavy atom. The van der Waals surface area contributed by atoms with Crippen molar-refractivity contribution in [3.05, 3.63) is 42.2 Å². The summed E-state index contributed by atoms with van der Waals surface area (Å²) in [5, 5.41) is 11.4. The summed E-state index contributed by atoms with van der Waals surface area (Å²) in [6.45, 7) is 0.581. The molecule has 0 fully saturated rings. The quantitative estimate of drug-likeness (QED) is 0.693. The van der Waals surface area contributed by atoms with Crippen LogP contribution in [0.25, 0.3) is 11.3 Å². The number of aliphatic hydroxyl groups is 1. The van der Waals surface area contributed by atoms with Crippen LogP contribution >= 0.6 is 0 Å². The molecular formula is C15H18N4O2. The van der Waals surface area contributed by atoms with Gasteiger partial charge in [0.15, 0.2) is 11.5 Å². The summed E-state index contributed by atoms with van der Waals surface area (Å²) in [6, 6.07) is 9.47. The fourth-order valence-electron chi connectivity index (χ4n) is 1.84. The third-order valence-corrected chi connectivity index (χ3v) is 2.96. The van der Waals surface area contributed by atoms with Gasteiger partial charge in [0.05, 0.1) is 11.9 Å². The fourth-order valence-corrected chi connectivity index (χ4v) is 1.84. The molecule has 1 heterocycles. The Labute approximate surface area is 123 Å². The number of anilines is 1. The Bertz CT molecular complexity index is 602. The van der Waals surface area contributed by atoms with E-state index in [-0.39, 0.29) is 24.0 Å². The van der Waals surface area contributed by atoms with Gasteiger partial charge in [0.1, 0.15) is 0 Å². The maximum absolute atomic E-state index is 12.1. The standard InChI is InChI=1S/C15H18N4O2/c16-14-13(15(21)17-8-4-5-9-20)19-12(10-18-14)11-6-2-1-3-7-11/h1-3,6-7,10,20H,4-5,8-9H2,(H2,16,18)(H,17,21). The van der Waals surface area contributed by atoms with E-state index >= 15 is 0 Å². The molecule has 0 saturated heterocycles. The van der Waals surface area contributed by atoms with Crippen molar-refractivity contribution in [2.24, 2.45) is 0 Å². The monoisotopic (exact) mass is 286 g/mol. The first-order valence-electron chi connectivity index (χ1n) is 6.79. The number of hydrogen-bond acceptors (Lipinski definition) is 5. The lowest BCUT2D eigenvalue weighted by atomic mass is 10.1. The summed E-state index contributed by atoms with van der Waals surface area (Å²) in [5.41, 5.74) is 7.33. The first-order valence-corrected chi connectivity index (χ1v) is 6.79. The van der Waals surface area contributed by atoms with Crippen molar-refractivity contribution in [3.8, 4) is 11.3 Å². The summed E-state index contributed by atoms with van der Waals surface area (Å²) >= 11 is 0. The number of rotatable bonds is 6. The topological polar surface area (TPSA) is 101 Å². The molecule has 0 aliphatic rings. The number of nitrogen functional groups attached to an aromatic ring is 1. The number of hydrogen-bond donors (Lipinski definition) is 3. The number of nitrogens with one attached hydrogen (secondary N) is 1. The first kappa shape index (κ1) is 14.9. The number of unbranched alkanes of at least 4 members (excludes halogenated alkanes) is 1. The molecule has 1 aromatic carbocycles. The zero-order chi connectivity index (χ0) is 15.1. The van der Waals surface area contributed by atoms with E-state index in [9.17, 15) is 4.79 Å². The number of nitrogens with two attached hydrogens (primary N) is 1. The van der Waals surface area contributed by atoms with E-state index in [0.29, 0.717) is 25.1 Å². The molecule has 1 amide bonds. The predicted molar refractivity (Wildman–Crippen MR) is 80.5 cm³/mol. The van der Waals surface area contributed by atoms with Gasteiger partial charge in [0.2, 0.25) is 0 Å². The lowest BCUT2D eigenvalue weighted by molar-refractivity contribution is 0.0948. The summed E-state index contributed by atoms with van der Waals surface area (Å²) in [4.78, 5) is 20.4. The van der Waals surface area contributed by atoms with Crippen LogP contribution in [0, 0.1) is 0 Å². The number of nitrogens with zero attached hydrogens (tertiary/aromatic N) is 2. The molecule has 21 heavy (non-hydrogen) atoms. The zero-order valence-electron chi connectivity index (χ0n) is 11.6. The van der Waals surface area contributed by atoms with Crippen LogP contribution in [0.3, 0.4) is 0 Å². The van der Waals surface area contributed by atoms with Crippen LogP contribution in [0.1, 0.15) is 23.3 Å². The largest absolute Gasteiger partial charge is 0.396 e. The molecule has 6 nitrogen and oxygen atoms in total. The minimum absolute atomic E-state index is 0.106. The number of aliphatic hydroxyl groups excluding tert-OH is 1. The normalized spacial score (nSPS) is 10.3. The highest BCUT2D eigenvalue weighted by atomic mass is 16.2. The van der Waals surface area contributed by atoms with E-state index in [2.05, 4.69) is 15.3 Å². The Hall–Kier alpha value is -2.47. The van der Waals surface area contributed by atoms with Gasteiger partial charge in [-0.25, -0.2) is 9.97 Å². The summed E-state index contributed by atoms with van der Waals surface area (Å²) in [6.07, 6.45) is 2.90. The van der Waals surface area contributed by atoms with Crippen LogP contribution in [0.5, 0.6) is 0 Å². The smallest absolute Gasteiger partial charge is 0.273 e. The van der Waals surface area contributed by atoms with Gasteiger partial charge >= 0.3 is 0 Å². The van der Waals surface area contributed by atoms with Gasteiger partial charge in [-0.1, -0.05) is 30.3 Å². The van der Waals surface area contributed by atoms with Gasteiger partial charge in [0, 0.05) is 18.7 Å². The van der Waals surface area contributed by atoms with Crippen molar-refractivity contribution < 1.29 is 9.90 Å². The van der Waals surface area contributed by atoms with Gasteiger partial charge in [0.25, 0.3) is 5.91 Å². The van der Waals surface area contributed by atoms with Crippen LogP contribution in [0.15, 0.2) is 36.5 Å². The molecule has 0 bridgehead atoms. The molecular weight excluding hydrogens is 268 g/mol. The molecule has 0 saturated carbocycles. The van der Waals surface area contributed by atoms with E-state index in [1.165, 1.54) is 0 Å². The number of carbonyl (C=O) groups excluding carboxylic acids is 1. The number of benzene rings is 1. The Kier molecular flexibility index (Phi) is 5.22. The van der Waals surface area contributed by atoms with E-state index in [4.69, 9.17) is 10.8 Å². The average Bonchev–Trinajstić information content (AvgIpc) is 2.52. The Balaban J connectivity index is 2.14. The highest BCUT2D eigenvalue weighted by Crippen LogP contribution is 2.17. The van der Waals surface area contributed by atoms with Crippen molar-refractivity contribution in [3.63, 3.8) is 0 Å². The van der Waals surface area contributed by atoms with Gasteiger partial charge in [-0.3, -0.25) is 4.79 Å². The Morgan fingerprint density at radius 2 is 2.00 bits per heavy atom. The van der Waals surface area contributed by atoms with Crippen LogP contribution in [0.4, 0.5) is 5.82 Å². The molecule has 0 aliphatic heterocycles. The van der Waals surface area contributed by atoms with Gasteiger partial charge in [-0.2, -0.15) is 0 Å². The molecule has 0 unspecified atom stereocenters. The van der Waals surface area contributed by atoms with Gasteiger partial charge in [-0.15, -0.1) is 0 Å². The molecule has 0 radical (unpaired) electrons. The Morgan fingerprint density at radius 3 is 2.71 bits per heavy atom. The maximum atomic E-state index is 12.1. The molecule has 2 aromatic rings. The van der Waals surface area contributed by atoms with Crippen molar-refractivity contribution in [1.29, 1.82) is 0 Å². The molecule has 0 atom stereocenters. The minimum atomic E-state index is -0.351. The van der Waals surface area contributed by atoms with Crippen LogP contribution in [-0.2, 0) is 0 Å². The van der Waals surface area contributed by atoms with E-state index in [1.54, 1.807) is 6.20 Å². The van der Waals surface area contributed by atoms with Crippen LogP contribution in [-0.4, -0.2) is 34.1 Å². The second kappa shape index (κ2) is 7.35. The third kappa shape index (κ3) is 4.00. The maximum Gasteiger partial charge on any atom is 0.273 e. The lowest BCUT2D eigenvalue weighted by Crippen LogP contribution is -2.27. The van der Waals surface area contributed by atoms with Crippen molar-refractivity contribution >= 4 is 11.7 Å². The lowest BCUT2D eigenvalue weighted by Gasteiger charge is -2.08. The van der Waals surface area contributed by atoms with Crippen LogP contribution in [0.2, 0.25) is 0 Å². The van der Waals surface area contributed by atoms with Gasteiger partial charge < -0.3 is 16.2 Å². The molecule has 110 valence electrons. The predicted octanol–water partition coefficient (Wildman–Crippen LogP) is 1.23. The van der Waals surface area contributed by atoms with Crippen molar-refractivity contribution in [1.82, 2.24) is 15.3 Å². The molecule has 2 rings (SSSR count). The van der Waals surface area contributed by atoms with Crippen molar-refractivity contribution in [2.45, 2.75) is 12.8 Å². The summed E-state index contributed by atoms with van der Waals surface area (Å²) in [7, 11) is 0. The average molecular weight is 286 g/mol. The summed E-state index contributed by atoms with van der Waals surface area (Å²) < 4.78 is 0. The third-order valence-electron chi connectivity index (χ3n) is 2.96. The van der Waals surface area contributed by atoms with Crippen molar-refractivity contribution in [2.75, 3.05) is 18.9 Å². The second-order valence-electron chi connectivity index (χ2n) is 4.54. The number of carbonyl (C=O) groups is 1.